The van der Waals surface area contributed by atoms with Crippen molar-refractivity contribution < 1.29 is 19.5 Å². The number of carbonyl (C=O) groups is 3. The minimum Gasteiger partial charge on any atom is -0.480 e. The predicted molar refractivity (Wildman–Crippen MR) is 103 cm³/mol. The van der Waals surface area contributed by atoms with Gasteiger partial charge in [0, 0.05) is 11.3 Å². The molecule has 0 aliphatic carbocycles. The van der Waals surface area contributed by atoms with Gasteiger partial charge in [-0.25, -0.2) is 4.79 Å². The Morgan fingerprint density at radius 2 is 2.04 bits per heavy atom. The fraction of sp³-hybridized carbons (Fsp3) is 0.421. The second-order valence-electron chi connectivity index (χ2n) is 7.13. The van der Waals surface area contributed by atoms with E-state index in [0.717, 1.165) is 5.56 Å². The lowest BCUT2D eigenvalue weighted by molar-refractivity contribution is -0.161. The number of rotatable bonds is 7. The summed E-state index contributed by atoms with van der Waals surface area (Å²) in [4.78, 5) is 38.4. The third-order valence-corrected chi connectivity index (χ3v) is 6.41. The smallest absolute Gasteiger partial charge is 0.327 e. The van der Waals surface area contributed by atoms with Crippen LogP contribution in [0, 0.1) is 0 Å². The summed E-state index contributed by atoms with van der Waals surface area (Å²) >= 11 is 1.41. The van der Waals surface area contributed by atoms with E-state index in [4.69, 9.17) is 0 Å². The second kappa shape index (κ2) is 7.36. The summed E-state index contributed by atoms with van der Waals surface area (Å²) in [6, 6.07) is 6.98. The van der Waals surface area contributed by atoms with E-state index in [1.165, 1.54) is 16.7 Å². The van der Waals surface area contributed by atoms with E-state index in [0.29, 0.717) is 6.54 Å². The molecule has 4 atom stereocenters. The molecule has 1 aromatic rings. The molecular formula is C19H23N3O4S. The molecule has 2 aliphatic heterocycles. The number of hydrogen-bond donors (Lipinski definition) is 3. The van der Waals surface area contributed by atoms with Crippen LogP contribution in [-0.2, 0) is 14.4 Å². The molecule has 2 saturated heterocycles. The summed E-state index contributed by atoms with van der Waals surface area (Å²) in [5.41, 5.74) is 0.781. The number of carboxylic acids is 1. The Labute approximate surface area is 162 Å². The highest BCUT2D eigenvalue weighted by molar-refractivity contribution is 8.01. The SMILES string of the molecule is C=CCN[C@@H](C(=O)NC1C(=O)N2C1SC(C)(C)C2C(=O)O)c1ccccc1. The maximum atomic E-state index is 12.9. The fourth-order valence-electron chi connectivity index (χ4n) is 3.59. The molecule has 2 amide bonds. The highest BCUT2D eigenvalue weighted by Crippen LogP contribution is 2.50. The van der Waals surface area contributed by atoms with Crippen LogP contribution in [-0.4, -0.2) is 56.5 Å². The van der Waals surface area contributed by atoms with Crippen LogP contribution < -0.4 is 10.6 Å². The Kier molecular flexibility index (Phi) is 5.30. The monoisotopic (exact) mass is 389 g/mol. The van der Waals surface area contributed by atoms with Crippen molar-refractivity contribution >= 4 is 29.5 Å². The molecule has 3 N–H and O–H groups in total. The third-order valence-electron chi connectivity index (χ3n) is 4.83. The first-order valence-corrected chi connectivity index (χ1v) is 9.58. The van der Waals surface area contributed by atoms with Crippen molar-refractivity contribution in [2.45, 2.75) is 42.1 Å². The molecule has 0 bridgehead atoms. The maximum absolute atomic E-state index is 12.9. The van der Waals surface area contributed by atoms with E-state index in [1.54, 1.807) is 19.9 Å². The van der Waals surface area contributed by atoms with Gasteiger partial charge < -0.3 is 15.3 Å². The van der Waals surface area contributed by atoms with Gasteiger partial charge in [0.1, 0.15) is 23.5 Å². The molecule has 8 heteroatoms. The van der Waals surface area contributed by atoms with Gasteiger partial charge in [0.05, 0.1) is 0 Å². The topological polar surface area (TPSA) is 98.7 Å². The van der Waals surface area contributed by atoms with Crippen LogP contribution in [0.2, 0.25) is 0 Å². The number of carbonyl (C=O) groups excluding carboxylic acids is 2. The Hall–Kier alpha value is -2.32. The fourth-order valence-corrected chi connectivity index (χ4v) is 5.22. The van der Waals surface area contributed by atoms with Crippen molar-refractivity contribution in [2.75, 3.05) is 6.54 Å². The standard InChI is InChI=1S/C19H23N3O4S/c1-4-10-20-12(11-8-6-5-7-9-11)15(23)21-13-16(24)22-14(18(25)26)19(2,3)27-17(13)22/h4-9,12-14,17,20H,1,10H2,2-3H3,(H,21,23)(H,25,26)/t12-,13?,14?,17?/m1/s1. The summed E-state index contributed by atoms with van der Waals surface area (Å²) < 4.78 is -0.619. The van der Waals surface area contributed by atoms with Crippen LogP contribution in [0.1, 0.15) is 25.5 Å². The molecule has 3 rings (SSSR count). The number of nitrogens with zero attached hydrogens (tertiary/aromatic N) is 1. The normalized spacial score (nSPS) is 26.7. The minimum atomic E-state index is -1.03. The highest BCUT2D eigenvalue weighted by atomic mass is 32.2. The van der Waals surface area contributed by atoms with Gasteiger partial charge >= 0.3 is 5.97 Å². The largest absolute Gasteiger partial charge is 0.480 e. The summed E-state index contributed by atoms with van der Waals surface area (Å²) in [7, 11) is 0. The van der Waals surface area contributed by atoms with E-state index in [-0.39, 0.29) is 17.2 Å². The molecule has 2 aliphatic rings. The van der Waals surface area contributed by atoms with Gasteiger partial charge in [-0.2, -0.15) is 0 Å². The third kappa shape index (κ3) is 3.46. The highest BCUT2D eigenvalue weighted by Gasteiger charge is 2.64. The first-order valence-electron chi connectivity index (χ1n) is 8.70. The van der Waals surface area contributed by atoms with E-state index >= 15 is 0 Å². The van der Waals surface area contributed by atoms with Crippen LogP contribution >= 0.6 is 11.8 Å². The maximum Gasteiger partial charge on any atom is 0.327 e. The number of β-lactam (4-membered cyclic amide) rings is 1. The zero-order valence-electron chi connectivity index (χ0n) is 15.2. The Morgan fingerprint density at radius 1 is 1.37 bits per heavy atom. The molecule has 2 heterocycles. The van der Waals surface area contributed by atoms with E-state index in [2.05, 4.69) is 17.2 Å². The zero-order valence-corrected chi connectivity index (χ0v) is 16.0. The minimum absolute atomic E-state index is 0.321. The van der Waals surface area contributed by atoms with Crippen molar-refractivity contribution in [3.8, 4) is 0 Å². The van der Waals surface area contributed by atoms with Gasteiger partial charge in [0.25, 0.3) is 0 Å². The van der Waals surface area contributed by atoms with Crippen molar-refractivity contribution in [1.29, 1.82) is 0 Å². The number of fused-ring (bicyclic) bond motifs is 1. The molecule has 3 unspecified atom stereocenters. The lowest BCUT2D eigenvalue weighted by atomic mass is 9.95. The summed E-state index contributed by atoms with van der Waals surface area (Å²) in [5, 5.41) is 15.0. The number of carboxylic acid groups (broad SMARTS) is 1. The van der Waals surface area contributed by atoms with Crippen molar-refractivity contribution in [1.82, 2.24) is 15.5 Å². The molecule has 1 aromatic carbocycles. The van der Waals surface area contributed by atoms with Crippen LogP contribution in [0.15, 0.2) is 43.0 Å². The van der Waals surface area contributed by atoms with Gasteiger partial charge in [0.15, 0.2) is 0 Å². The molecule has 0 aromatic heterocycles. The number of nitrogens with one attached hydrogen (secondary N) is 2. The van der Waals surface area contributed by atoms with Crippen LogP contribution in [0.3, 0.4) is 0 Å². The molecule has 27 heavy (non-hydrogen) atoms. The number of hydrogen-bond acceptors (Lipinski definition) is 5. The Morgan fingerprint density at radius 3 is 2.63 bits per heavy atom. The Balaban J connectivity index is 1.75. The van der Waals surface area contributed by atoms with Crippen LogP contribution in [0.5, 0.6) is 0 Å². The lowest BCUT2D eigenvalue weighted by Gasteiger charge is -2.44. The Bertz CT molecular complexity index is 767. The first kappa shape index (κ1) is 19.4. The predicted octanol–water partition coefficient (Wildman–Crippen LogP) is 1.14. The van der Waals surface area contributed by atoms with Gasteiger partial charge in [-0.3, -0.25) is 14.9 Å². The van der Waals surface area contributed by atoms with E-state index in [1.807, 2.05) is 30.3 Å². The van der Waals surface area contributed by atoms with E-state index < -0.39 is 28.8 Å². The quantitative estimate of drug-likeness (QED) is 0.478. The number of aliphatic carboxylic acids is 1. The summed E-state index contributed by atoms with van der Waals surface area (Å²) in [5.74, 6) is -1.70. The molecular weight excluding hydrogens is 366 g/mol. The van der Waals surface area contributed by atoms with E-state index in [9.17, 15) is 19.5 Å². The van der Waals surface area contributed by atoms with Crippen molar-refractivity contribution in [3.63, 3.8) is 0 Å². The van der Waals surface area contributed by atoms with Gasteiger partial charge in [-0.1, -0.05) is 36.4 Å². The average molecular weight is 389 g/mol. The van der Waals surface area contributed by atoms with Gasteiger partial charge in [-0.05, 0) is 19.4 Å². The summed E-state index contributed by atoms with van der Waals surface area (Å²) in [6.45, 7) is 7.70. The summed E-state index contributed by atoms with van der Waals surface area (Å²) in [6.07, 6.45) is 1.66. The zero-order chi connectivity index (χ0) is 19.8. The van der Waals surface area contributed by atoms with Crippen molar-refractivity contribution in [2.24, 2.45) is 0 Å². The van der Waals surface area contributed by atoms with Crippen LogP contribution in [0.4, 0.5) is 0 Å². The molecule has 2 fully saturated rings. The molecule has 0 saturated carbocycles. The molecule has 0 spiro atoms. The van der Waals surface area contributed by atoms with Gasteiger partial charge in [-0.15, -0.1) is 18.3 Å². The number of amides is 2. The second-order valence-corrected chi connectivity index (χ2v) is 8.90. The number of thioether (sulfide) groups is 1. The van der Waals surface area contributed by atoms with Crippen molar-refractivity contribution in [3.05, 3.63) is 48.6 Å². The molecule has 144 valence electrons. The molecule has 0 radical (unpaired) electrons. The molecule has 7 nitrogen and oxygen atoms in total. The van der Waals surface area contributed by atoms with Crippen LogP contribution in [0.25, 0.3) is 0 Å². The van der Waals surface area contributed by atoms with Gasteiger partial charge in [0.2, 0.25) is 11.8 Å². The first-order chi connectivity index (χ1) is 12.8. The number of benzene rings is 1. The lowest BCUT2D eigenvalue weighted by Crippen LogP contribution is -2.71. The average Bonchev–Trinajstić information content (AvgIpc) is 2.89.